The number of anilines is 1. The van der Waals surface area contributed by atoms with E-state index in [1.807, 2.05) is 13.1 Å². The Labute approximate surface area is 114 Å². The van der Waals surface area contributed by atoms with Gasteiger partial charge in [-0.2, -0.15) is 0 Å². The first-order valence-corrected chi connectivity index (χ1v) is 6.79. The molecule has 0 aliphatic carbocycles. The zero-order valence-corrected chi connectivity index (χ0v) is 11.7. The van der Waals surface area contributed by atoms with Crippen LogP contribution < -0.4 is 4.90 Å². The van der Waals surface area contributed by atoms with E-state index < -0.39 is 0 Å². The smallest absolute Gasteiger partial charge is 0.231 e. The number of nitrogens with zero attached hydrogens (tertiary/aromatic N) is 2. The molecular formula is C15H22N2O2. The second-order valence-corrected chi connectivity index (χ2v) is 5.26. The van der Waals surface area contributed by atoms with Gasteiger partial charge in [0.1, 0.15) is 0 Å². The van der Waals surface area contributed by atoms with Crippen molar-refractivity contribution in [1.29, 1.82) is 0 Å². The van der Waals surface area contributed by atoms with Crippen molar-refractivity contribution in [1.82, 2.24) is 4.90 Å². The molecule has 1 heterocycles. The first-order chi connectivity index (χ1) is 9.11. The lowest BCUT2D eigenvalue weighted by Crippen LogP contribution is -2.20. The Morgan fingerprint density at radius 1 is 1.37 bits per heavy atom. The van der Waals surface area contributed by atoms with Crippen LogP contribution in [-0.2, 0) is 17.8 Å². The summed E-state index contributed by atoms with van der Waals surface area (Å²) in [5.41, 5.74) is 3.42. The fourth-order valence-electron chi connectivity index (χ4n) is 2.51. The maximum absolute atomic E-state index is 11.6. The molecule has 104 valence electrons. The zero-order chi connectivity index (χ0) is 13.8. The van der Waals surface area contributed by atoms with Gasteiger partial charge in [0.2, 0.25) is 5.91 Å². The second-order valence-electron chi connectivity index (χ2n) is 5.26. The molecule has 0 radical (unpaired) electrons. The molecule has 0 aromatic heterocycles. The van der Waals surface area contributed by atoms with Crippen molar-refractivity contribution < 1.29 is 9.90 Å². The van der Waals surface area contributed by atoms with Crippen LogP contribution in [0, 0.1) is 0 Å². The van der Waals surface area contributed by atoms with Gasteiger partial charge in [-0.1, -0.05) is 12.1 Å². The minimum Gasteiger partial charge on any atom is -0.396 e. The standard InChI is InChI=1S/C15H22N2O2/c1-16(7-3-4-8-18)11-12-5-6-14-13(9-12)10-15(19)17(14)2/h5-6,9,18H,3-4,7-8,10-11H2,1-2H3. The fourth-order valence-corrected chi connectivity index (χ4v) is 2.51. The van der Waals surface area contributed by atoms with E-state index in [-0.39, 0.29) is 12.5 Å². The van der Waals surface area contributed by atoms with Gasteiger partial charge in [0.15, 0.2) is 0 Å². The molecule has 4 heteroatoms. The van der Waals surface area contributed by atoms with Crippen molar-refractivity contribution in [2.45, 2.75) is 25.8 Å². The Hall–Kier alpha value is -1.39. The topological polar surface area (TPSA) is 43.8 Å². The van der Waals surface area contributed by atoms with Gasteiger partial charge in [0, 0.05) is 25.9 Å². The number of carbonyl (C=O) groups is 1. The van der Waals surface area contributed by atoms with Crippen molar-refractivity contribution in [2.24, 2.45) is 0 Å². The Morgan fingerprint density at radius 2 is 2.16 bits per heavy atom. The van der Waals surface area contributed by atoms with E-state index >= 15 is 0 Å². The van der Waals surface area contributed by atoms with E-state index in [0.29, 0.717) is 6.42 Å². The molecule has 0 saturated heterocycles. The highest BCUT2D eigenvalue weighted by molar-refractivity contribution is 6.00. The summed E-state index contributed by atoms with van der Waals surface area (Å²) in [5.74, 6) is 0.170. The highest BCUT2D eigenvalue weighted by Crippen LogP contribution is 2.28. The molecule has 1 N–H and O–H groups in total. The van der Waals surface area contributed by atoms with Crippen LogP contribution in [0.15, 0.2) is 18.2 Å². The third-order valence-electron chi connectivity index (χ3n) is 3.62. The summed E-state index contributed by atoms with van der Waals surface area (Å²) in [7, 11) is 3.91. The largest absolute Gasteiger partial charge is 0.396 e. The van der Waals surface area contributed by atoms with Crippen LogP contribution in [0.2, 0.25) is 0 Å². The molecule has 0 spiro atoms. The minimum atomic E-state index is 0.170. The number of aliphatic hydroxyl groups is 1. The predicted octanol–water partition coefficient (Wildman–Crippen LogP) is 1.41. The maximum Gasteiger partial charge on any atom is 0.231 e. The van der Waals surface area contributed by atoms with Crippen LogP contribution in [0.4, 0.5) is 5.69 Å². The van der Waals surface area contributed by atoms with Crippen LogP contribution in [0.5, 0.6) is 0 Å². The quantitative estimate of drug-likeness (QED) is 0.788. The van der Waals surface area contributed by atoms with Crippen LogP contribution in [-0.4, -0.2) is 43.2 Å². The van der Waals surface area contributed by atoms with E-state index in [9.17, 15) is 4.79 Å². The molecule has 1 aromatic carbocycles. The lowest BCUT2D eigenvalue weighted by molar-refractivity contribution is -0.117. The van der Waals surface area contributed by atoms with Gasteiger partial charge in [-0.25, -0.2) is 0 Å². The Kier molecular flexibility index (Phi) is 4.56. The van der Waals surface area contributed by atoms with E-state index in [2.05, 4.69) is 24.1 Å². The number of hydrogen-bond donors (Lipinski definition) is 1. The summed E-state index contributed by atoms with van der Waals surface area (Å²) in [6, 6.07) is 6.27. The molecular weight excluding hydrogens is 240 g/mol. The van der Waals surface area contributed by atoms with Gasteiger partial charge in [0.25, 0.3) is 0 Å². The maximum atomic E-state index is 11.6. The summed E-state index contributed by atoms with van der Waals surface area (Å²) in [4.78, 5) is 15.6. The average Bonchev–Trinajstić information content (AvgIpc) is 2.65. The van der Waals surface area contributed by atoms with Crippen molar-refractivity contribution >= 4 is 11.6 Å². The molecule has 0 bridgehead atoms. The lowest BCUT2D eigenvalue weighted by Gasteiger charge is -2.17. The van der Waals surface area contributed by atoms with E-state index in [0.717, 1.165) is 37.2 Å². The van der Waals surface area contributed by atoms with Gasteiger partial charge in [0.05, 0.1) is 6.42 Å². The van der Waals surface area contributed by atoms with Crippen molar-refractivity contribution in [3.63, 3.8) is 0 Å². The number of carbonyl (C=O) groups excluding carboxylic acids is 1. The van der Waals surface area contributed by atoms with Gasteiger partial charge in [-0.3, -0.25) is 4.79 Å². The zero-order valence-electron chi connectivity index (χ0n) is 11.7. The number of fused-ring (bicyclic) bond motifs is 1. The van der Waals surface area contributed by atoms with Gasteiger partial charge >= 0.3 is 0 Å². The third-order valence-corrected chi connectivity index (χ3v) is 3.62. The van der Waals surface area contributed by atoms with Crippen LogP contribution in [0.1, 0.15) is 24.0 Å². The van der Waals surface area contributed by atoms with Crippen molar-refractivity contribution in [3.8, 4) is 0 Å². The second kappa shape index (κ2) is 6.17. The Morgan fingerprint density at radius 3 is 2.89 bits per heavy atom. The third kappa shape index (κ3) is 3.33. The lowest BCUT2D eigenvalue weighted by atomic mass is 10.1. The molecule has 1 aromatic rings. The first kappa shape index (κ1) is 14.0. The van der Waals surface area contributed by atoms with Crippen LogP contribution >= 0.6 is 0 Å². The van der Waals surface area contributed by atoms with E-state index in [1.54, 1.807) is 4.90 Å². The normalized spacial score (nSPS) is 14.3. The molecule has 1 aliphatic rings. The summed E-state index contributed by atoms with van der Waals surface area (Å²) in [5, 5.41) is 8.77. The molecule has 2 rings (SSSR count). The number of likely N-dealkylation sites (N-methyl/N-ethyl adjacent to an activating group) is 1. The van der Waals surface area contributed by atoms with Gasteiger partial charge in [-0.05, 0) is 43.6 Å². The number of amides is 1. The summed E-state index contributed by atoms with van der Waals surface area (Å²) in [6.07, 6.45) is 2.39. The highest BCUT2D eigenvalue weighted by Gasteiger charge is 2.23. The molecule has 0 saturated carbocycles. The first-order valence-electron chi connectivity index (χ1n) is 6.79. The van der Waals surface area contributed by atoms with E-state index in [1.165, 1.54) is 5.56 Å². The molecule has 1 amide bonds. The predicted molar refractivity (Wildman–Crippen MR) is 76.2 cm³/mol. The summed E-state index contributed by atoms with van der Waals surface area (Å²) >= 11 is 0. The number of rotatable bonds is 6. The summed E-state index contributed by atoms with van der Waals surface area (Å²) < 4.78 is 0. The molecule has 19 heavy (non-hydrogen) atoms. The number of aliphatic hydroxyl groups excluding tert-OH is 1. The van der Waals surface area contributed by atoms with Crippen molar-refractivity contribution in [2.75, 3.05) is 32.1 Å². The van der Waals surface area contributed by atoms with Crippen LogP contribution in [0.25, 0.3) is 0 Å². The number of benzene rings is 1. The molecule has 0 atom stereocenters. The Bertz CT molecular complexity index is 459. The molecule has 0 fully saturated rings. The minimum absolute atomic E-state index is 0.170. The van der Waals surface area contributed by atoms with Crippen molar-refractivity contribution in [3.05, 3.63) is 29.3 Å². The van der Waals surface area contributed by atoms with Gasteiger partial charge < -0.3 is 14.9 Å². The average molecular weight is 262 g/mol. The summed E-state index contributed by atoms with van der Waals surface area (Å²) in [6.45, 7) is 2.13. The van der Waals surface area contributed by atoms with Crippen LogP contribution in [0.3, 0.4) is 0 Å². The monoisotopic (exact) mass is 262 g/mol. The van der Waals surface area contributed by atoms with Gasteiger partial charge in [-0.15, -0.1) is 0 Å². The molecule has 1 aliphatic heterocycles. The Balaban J connectivity index is 1.96. The molecule has 0 unspecified atom stereocenters. The molecule has 4 nitrogen and oxygen atoms in total. The highest BCUT2D eigenvalue weighted by atomic mass is 16.2. The number of hydrogen-bond acceptors (Lipinski definition) is 3. The SMILES string of the molecule is CN(CCCCO)Cc1ccc2c(c1)CC(=O)N2C. The number of unbranched alkanes of at least 4 members (excludes halogenated alkanes) is 1. The fraction of sp³-hybridized carbons (Fsp3) is 0.533. The van der Waals surface area contributed by atoms with E-state index in [4.69, 9.17) is 5.11 Å².